The Balaban J connectivity index is 2.50. The van der Waals surface area contributed by atoms with Crippen LogP contribution in [-0.4, -0.2) is 12.9 Å². The average molecular weight is 279 g/mol. The van der Waals surface area contributed by atoms with Crippen LogP contribution < -0.4 is 4.74 Å². The van der Waals surface area contributed by atoms with Gasteiger partial charge < -0.3 is 4.74 Å². The highest BCUT2D eigenvalue weighted by atomic mass is 35.5. The molecule has 0 heterocycles. The zero-order valence-electron chi connectivity index (χ0n) is 10.5. The van der Waals surface area contributed by atoms with Gasteiger partial charge in [-0.15, -0.1) is 0 Å². The van der Waals surface area contributed by atoms with Gasteiger partial charge in [-0.25, -0.2) is 4.39 Å². The van der Waals surface area contributed by atoms with Crippen LogP contribution in [0.1, 0.15) is 21.5 Å². The summed E-state index contributed by atoms with van der Waals surface area (Å²) in [7, 11) is 1.48. The molecule has 0 N–H and O–H groups in total. The lowest BCUT2D eigenvalue weighted by molar-refractivity contribution is 0.103. The van der Waals surface area contributed by atoms with Gasteiger partial charge in [0.2, 0.25) is 0 Å². The molecular formula is C15H12ClFO2. The molecule has 0 aromatic heterocycles. The first-order valence-corrected chi connectivity index (χ1v) is 6.05. The first kappa shape index (κ1) is 13.6. The summed E-state index contributed by atoms with van der Waals surface area (Å²) >= 11 is 5.67. The van der Waals surface area contributed by atoms with Crippen LogP contribution >= 0.6 is 11.6 Å². The number of carbonyl (C=O) groups excluding carboxylic acids is 1. The number of ketones is 1. The summed E-state index contributed by atoms with van der Waals surface area (Å²) in [5.41, 5.74) is 1.27. The lowest BCUT2D eigenvalue weighted by Crippen LogP contribution is -2.06. The van der Waals surface area contributed by atoms with Gasteiger partial charge in [-0.05, 0) is 42.8 Å². The predicted molar refractivity (Wildman–Crippen MR) is 72.6 cm³/mol. The fraction of sp³-hybridized carbons (Fsp3) is 0.133. The van der Waals surface area contributed by atoms with Crippen molar-refractivity contribution in [3.8, 4) is 5.75 Å². The van der Waals surface area contributed by atoms with E-state index in [0.29, 0.717) is 11.3 Å². The maximum Gasteiger partial charge on any atom is 0.199 e. The molecule has 98 valence electrons. The van der Waals surface area contributed by atoms with Crippen molar-refractivity contribution in [2.75, 3.05) is 7.11 Å². The smallest absolute Gasteiger partial charge is 0.199 e. The van der Waals surface area contributed by atoms with Gasteiger partial charge in [-0.3, -0.25) is 4.79 Å². The zero-order chi connectivity index (χ0) is 14.0. The Morgan fingerprint density at radius 1 is 1.16 bits per heavy atom. The molecule has 0 aliphatic rings. The summed E-state index contributed by atoms with van der Waals surface area (Å²) in [5.74, 6) is -0.634. The summed E-state index contributed by atoms with van der Waals surface area (Å²) in [6.45, 7) is 1.89. The molecule has 0 saturated heterocycles. The number of rotatable bonds is 3. The molecule has 0 saturated carbocycles. The summed E-state index contributed by atoms with van der Waals surface area (Å²) in [5, 5.41) is 0.255. The highest BCUT2D eigenvalue weighted by Crippen LogP contribution is 2.25. The van der Waals surface area contributed by atoms with Crippen molar-refractivity contribution in [2.24, 2.45) is 0 Å². The van der Waals surface area contributed by atoms with E-state index in [4.69, 9.17) is 16.3 Å². The van der Waals surface area contributed by atoms with Crippen LogP contribution in [0.2, 0.25) is 5.02 Å². The van der Waals surface area contributed by atoms with Crippen LogP contribution in [0.4, 0.5) is 4.39 Å². The Hall–Kier alpha value is -1.87. The molecule has 4 heteroatoms. The van der Waals surface area contributed by atoms with Crippen molar-refractivity contribution in [1.29, 1.82) is 0 Å². The third-order valence-corrected chi connectivity index (χ3v) is 3.01. The molecular weight excluding hydrogens is 267 g/mol. The van der Waals surface area contributed by atoms with E-state index < -0.39 is 11.6 Å². The standard InChI is InChI=1S/C15H12ClFO2/c1-9-3-5-12(14(7-9)19-2)15(18)11-6-4-10(16)8-13(11)17/h3-8H,1-2H3. The fourth-order valence-corrected chi connectivity index (χ4v) is 1.96. The molecule has 0 aliphatic carbocycles. The Labute approximate surface area is 115 Å². The Bertz CT molecular complexity index is 638. The molecule has 2 aromatic rings. The Morgan fingerprint density at radius 3 is 2.47 bits per heavy atom. The summed E-state index contributed by atoms with van der Waals surface area (Å²) in [6.07, 6.45) is 0. The van der Waals surface area contributed by atoms with Crippen molar-refractivity contribution < 1.29 is 13.9 Å². The van der Waals surface area contributed by atoms with E-state index in [1.165, 1.54) is 19.2 Å². The molecule has 2 nitrogen and oxygen atoms in total. The topological polar surface area (TPSA) is 26.3 Å². The second-order valence-corrected chi connectivity index (χ2v) is 4.59. The molecule has 0 aliphatic heterocycles. The minimum Gasteiger partial charge on any atom is -0.496 e. The molecule has 2 aromatic carbocycles. The average Bonchev–Trinajstić information content (AvgIpc) is 2.37. The molecule has 0 atom stereocenters. The first-order chi connectivity index (χ1) is 9.02. The number of benzene rings is 2. The molecule has 0 bridgehead atoms. The van der Waals surface area contributed by atoms with Gasteiger partial charge in [0.15, 0.2) is 5.78 Å². The molecule has 0 fully saturated rings. The number of hydrogen-bond acceptors (Lipinski definition) is 2. The van der Waals surface area contributed by atoms with Gasteiger partial charge in [0.25, 0.3) is 0 Å². The number of hydrogen-bond donors (Lipinski definition) is 0. The molecule has 2 rings (SSSR count). The van der Waals surface area contributed by atoms with Gasteiger partial charge in [0.05, 0.1) is 18.2 Å². The van der Waals surface area contributed by atoms with E-state index in [9.17, 15) is 9.18 Å². The van der Waals surface area contributed by atoms with Gasteiger partial charge in [0.1, 0.15) is 11.6 Å². The number of aryl methyl sites for hydroxylation is 1. The maximum absolute atomic E-state index is 13.8. The first-order valence-electron chi connectivity index (χ1n) is 5.67. The SMILES string of the molecule is COc1cc(C)ccc1C(=O)c1ccc(Cl)cc1F. The molecule has 0 amide bonds. The van der Waals surface area contributed by atoms with Crippen molar-refractivity contribution in [3.63, 3.8) is 0 Å². The monoisotopic (exact) mass is 278 g/mol. The van der Waals surface area contributed by atoms with E-state index in [-0.39, 0.29) is 10.6 Å². The van der Waals surface area contributed by atoms with E-state index in [1.807, 2.05) is 6.92 Å². The minimum absolute atomic E-state index is 0.0217. The largest absolute Gasteiger partial charge is 0.496 e. The van der Waals surface area contributed by atoms with E-state index in [1.54, 1.807) is 18.2 Å². The van der Waals surface area contributed by atoms with Gasteiger partial charge >= 0.3 is 0 Å². The van der Waals surface area contributed by atoms with Crippen molar-refractivity contribution >= 4 is 17.4 Å². The molecule has 0 radical (unpaired) electrons. The zero-order valence-corrected chi connectivity index (χ0v) is 11.3. The summed E-state index contributed by atoms with van der Waals surface area (Å²) < 4.78 is 18.9. The minimum atomic E-state index is -0.639. The van der Waals surface area contributed by atoms with E-state index >= 15 is 0 Å². The van der Waals surface area contributed by atoms with Gasteiger partial charge in [-0.2, -0.15) is 0 Å². The van der Waals surface area contributed by atoms with Crippen molar-refractivity contribution in [3.05, 3.63) is 63.9 Å². The quantitative estimate of drug-likeness (QED) is 0.793. The second kappa shape index (κ2) is 5.41. The van der Waals surface area contributed by atoms with Crippen molar-refractivity contribution in [2.45, 2.75) is 6.92 Å². The van der Waals surface area contributed by atoms with Crippen LogP contribution in [0.3, 0.4) is 0 Å². The van der Waals surface area contributed by atoms with Gasteiger partial charge in [-0.1, -0.05) is 17.7 Å². The van der Waals surface area contributed by atoms with E-state index in [2.05, 4.69) is 0 Å². The Kier molecular flexibility index (Phi) is 3.86. The van der Waals surface area contributed by atoms with Crippen LogP contribution in [-0.2, 0) is 0 Å². The van der Waals surface area contributed by atoms with Crippen LogP contribution in [0, 0.1) is 12.7 Å². The number of ether oxygens (including phenoxy) is 1. The predicted octanol–water partition coefficient (Wildman–Crippen LogP) is 4.03. The Morgan fingerprint density at radius 2 is 1.84 bits per heavy atom. The number of methoxy groups -OCH3 is 1. The lowest BCUT2D eigenvalue weighted by Gasteiger charge is -2.09. The summed E-state index contributed by atoms with van der Waals surface area (Å²) in [6, 6.07) is 9.13. The van der Waals surface area contributed by atoms with Crippen LogP contribution in [0.5, 0.6) is 5.75 Å². The second-order valence-electron chi connectivity index (χ2n) is 4.16. The normalized spacial score (nSPS) is 10.3. The highest BCUT2D eigenvalue weighted by Gasteiger charge is 2.18. The van der Waals surface area contributed by atoms with Gasteiger partial charge in [0, 0.05) is 5.02 Å². The molecule has 0 spiro atoms. The molecule has 0 unspecified atom stereocenters. The van der Waals surface area contributed by atoms with E-state index in [0.717, 1.165) is 11.6 Å². The lowest BCUT2D eigenvalue weighted by atomic mass is 10.0. The van der Waals surface area contributed by atoms with Crippen molar-refractivity contribution in [1.82, 2.24) is 0 Å². The number of halogens is 2. The number of carbonyl (C=O) groups is 1. The molecule has 19 heavy (non-hydrogen) atoms. The fourth-order valence-electron chi connectivity index (χ4n) is 1.80. The summed E-state index contributed by atoms with van der Waals surface area (Å²) in [4.78, 5) is 12.3. The third-order valence-electron chi connectivity index (χ3n) is 2.78. The third kappa shape index (κ3) is 2.76. The highest BCUT2D eigenvalue weighted by molar-refractivity contribution is 6.30. The van der Waals surface area contributed by atoms with Crippen LogP contribution in [0.15, 0.2) is 36.4 Å². The maximum atomic E-state index is 13.8. The van der Waals surface area contributed by atoms with Crippen LogP contribution in [0.25, 0.3) is 0 Å².